The molecule has 0 spiro atoms. The van der Waals surface area contributed by atoms with Gasteiger partial charge in [-0.25, -0.2) is 0 Å². The summed E-state index contributed by atoms with van der Waals surface area (Å²) in [4.78, 5) is 15.3. The van der Waals surface area contributed by atoms with Gasteiger partial charge in [-0.3, -0.25) is 9.69 Å². The van der Waals surface area contributed by atoms with Gasteiger partial charge < -0.3 is 0 Å². The standard InChI is InChI=1S/C18H27NO/c1-14-9-10-16(13-15(14)2)17(20)18(19(3)4)11-7-5-6-8-12-18/h9-10,13H,5-8,11-12H2,1-4H3. The molecular formula is C18H27NO. The van der Waals surface area contributed by atoms with Crippen LogP contribution in [0, 0.1) is 13.8 Å². The lowest BCUT2D eigenvalue weighted by Crippen LogP contribution is -2.50. The molecule has 0 unspecified atom stereocenters. The van der Waals surface area contributed by atoms with Crippen LogP contribution < -0.4 is 0 Å². The molecule has 0 aromatic heterocycles. The van der Waals surface area contributed by atoms with Crippen molar-refractivity contribution in [2.45, 2.75) is 57.9 Å². The van der Waals surface area contributed by atoms with Gasteiger partial charge in [0.2, 0.25) is 0 Å². The molecule has 0 aliphatic heterocycles. The van der Waals surface area contributed by atoms with Gasteiger partial charge in [-0.05, 0) is 58.0 Å². The normalized spacial score (nSPS) is 18.9. The van der Waals surface area contributed by atoms with Crippen LogP contribution >= 0.6 is 0 Å². The highest BCUT2D eigenvalue weighted by Gasteiger charge is 2.40. The second-order valence-electron chi connectivity index (χ2n) is 6.47. The van der Waals surface area contributed by atoms with E-state index in [2.05, 4.69) is 45.0 Å². The minimum Gasteiger partial charge on any atom is -0.297 e. The van der Waals surface area contributed by atoms with E-state index < -0.39 is 0 Å². The van der Waals surface area contributed by atoms with Crippen LogP contribution in [-0.4, -0.2) is 30.3 Å². The lowest BCUT2D eigenvalue weighted by atomic mass is 9.81. The summed E-state index contributed by atoms with van der Waals surface area (Å²) < 4.78 is 0. The van der Waals surface area contributed by atoms with E-state index in [1.807, 2.05) is 6.07 Å². The molecule has 0 radical (unpaired) electrons. The summed E-state index contributed by atoms with van der Waals surface area (Å²) in [5.41, 5.74) is 3.04. The molecule has 1 aliphatic carbocycles. The Balaban J connectivity index is 2.37. The summed E-state index contributed by atoms with van der Waals surface area (Å²) >= 11 is 0. The maximum atomic E-state index is 13.1. The van der Waals surface area contributed by atoms with Crippen molar-refractivity contribution in [2.75, 3.05) is 14.1 Å². The maximum absolute atomic E-state index is 13.1. The van der Waals surface area contributed by atoms with Crippen LogP contribution in [0.4, 0.5) is 0 Å². The molecular weight excluding hydrogens is 246 g/mol. The number of rotatable bonds is 3. The number of hydrogen-bond donors (Lipinski definition) is 0. The predicted octanol–water partition coefficient (Wildman–Crippen LogP) is 4.14. The van der Waals surface area contributed by atoms with Gasteiger partial charge >= 0.3 is 0 Å². The Kier molecular flexibility index (Phi) is 4.64. The van der Waals surface area contributed by atoms with E-state index in [0.717, 1.165) is 31.2 Å². The molecule has 20 heavy (non-hydrogen) atoms. The summed E-state index contributed by atoms with van der Waals surface area (Å²) in [7, 11) is 4.12. The zero-order chi connectivity index (χ0) is 14.8. The van der Waals surface area contributed by atoms with Gasteiger partial charge in [0.05, 0.1) is 5.54 Å². The van der Waals surface area contributed by atoms with E-state index in [4.69, 9.17) is 0 Å². The molecule has 2 heteroatoms. The van der Waals surface area contributed by atoms with Crippen molar-refractivity contribution >= 4 is 5.78 Å². The lowest BCUT2D eigenvalue weighted by molar-refractivity contribution is 0.0635. The highest BCUT2D eigenvalue weighted by atomic mass is 16.1. The average molecular weight is 273 g/mol. The maximum Gasteiger partial charge on any atom is 0.183 e. The quantitative estimate of drug-likeness (QED) is 0.609. The van der Waals surface area contributed by atoms with E-state index in [1.54, 1.807) is 0 Å². The van der Waals surface area contributed by atoms with Crippen molar-refractivity contribution in [3.05, 3.63) is 34.9 Å². The van der Waals surface area contributed by atoms with E-state index in [-0.39, 0.29) is 5.54 Å². The fourth-order valence-electron chi connectivity index (χ4n) is 3.34. The number of carbonyl (C=O) groups excluding carboxylic acids is 1. The van der Waals surface area contributed by atoms with Crippen LogP contribution in [0.3, 0.4) is 0 Å². The van der Waals surface area contributed by atoms with Crippen molar-refractivity contribution in [3.8, 4) is 0 Å². The summed E-state index contributed by atoms with van der Waals surface area (Å²) in [6.07, 6.45) is 6.83. The molecule has 110 valence electrons. The third-order valence-corrected chi connectivity index (χ3v) is 4.98. The second-order valence-corrected chi connectivity index (χ2v) is 6.47. The van der Waals surface area contributed by atoms with E-state index >= 15 is 0 Å². The van der Waals surface area contributed by atoms with Crippen LogP contribution in [0.15, 0.2) is 18.2 Å². The number of aryl methyl sites for hydroxylation is 2. The Morgan fingerprint density at radius 1 is 1.00 bits per heavy atom. The Bertz CT molecular complexity index is 482. The predicted molar refractivity (Wildman–Crippen MR) is 84.4 cm³/mol. The Hall–Kier alpha value is -1.15. The lowest BCUT2D eigenvalue weighted by Gasteiger charge is -2.38. The minimum absolute atomic E-state index is 0.293. The number of hydrogen-bond acceptors (Lipinski definition) is 2. The molecule has 0 N–H and O–H groups in total. The SMILES string of the molecule is Cc1ccc(C(=O)C2(N(C)C)CCCCCC2)cc1C. The van der Waals surface area contributed by atoms with Gasteiger partial charge in [0, 0.05) is 5.56 Å². The van der Waals surface area contributed by atoms with Gasteiger partial charge in [0.25, 0.3) is 0 Å². The third-order valence-electron chi connectivity index (χ3n) is 4.98. The monoisotopic (exact) mass is 273 g/mol. The molecule has 0 atom stereocenters. The van der Waals surface area contributed by atoms with Gasteiger partial charge in [-0.1, -0.05) is 37.8 Å². The third kappa shape index (κ3) is 2.80. The van der Waals surface area contributed by atoms with Crippen LogP contribution in [-0.2, 0) is 0 Å². The van der Waals surface area contributed by atoms with E-state index in [1.165, 1.54) is 24.0 Å². The summed E-state index contributed by atoms with van der Waals surface area (Å²) in [5, 5.41) is 0. The first-order chi connectivity index (χ1) is 9.47. The Morgan fingerprint density at radius 2 is 1.60 bits per heavy atom. The molecule has 1 aliphatic rings. The fourth-order valence-corrected chi connectivity index (χ4v) is 3.34. The summed E-state index contributed by atoms with van der Waals surface area (Å²) in [6.45, 7) is 4.18. The molecule has 2 nitrogen and oxygen atoms in total. The average Bonchev–Trinajstić information content (AvgIpc) is 2.67. The molecule has 0 saturated heterocycles. The van der Waals surface area contributed by atoms with Gasteiger partial charge in [-0.2, -0.15) is 0 Å². The zero-order valence-corrected chi connectivity index (χ0v) is 13.3. The highest BCUT2D eigenvalue weighted by molar-refractivity contribution is 6.03. The first-order valence-electron chi connectivity index (χ1n) is 7.77. The van der Waals surface area contributed by atoms with Crippen LogP contribution in [0.2, 0.25) is 0 Å². The minimum atomic E-state index is -0.293. The topological polar surface area (TPSA) is 20.3 Å². The smallest absolute Gasteiger partial charge is 0.183 e. The molecule has 1 aromatic carbocycles. The van der Waals surface area contributed by atoms with Crippen molar-refractivity contribution in [2.24, 2.45) is 0 Å². The summed E-state index contributed by atoms with van der Waals surface area (Å²) in [6, 6.07) is 6.14. The van der Waals surface area contributed by atoms with Crippen molar-refractivity contribution in [1.82, 2.24) is 4.90 Å². The molecule has 0 amide bonds. The van der Waals surface area contributed by atoms with Crippen LogP contribution in [0.25, 0.3) is 0 Å². The molecule has 1 aromatic rings. The van der Waals surface area contributed by atoms with Gasteiger partial charge in [-0.15, -0.1) is 0 Å². The number of nitrogens with zero attached hydrogens (tertiary/aromatic N) is 1. The molecule has 2 rings (SSSR count). The molecule has 0 bridgehead atoms. The highest BCUT2D eigenvalue weighted by Crippen LogP contribution is 2.34. The Morgan fingerprint density at radius 3 is 2.10 bits per heavy atom. The van der Waals surface area contributed by atoms with E-state index in [0.29, 0.717) is 5.78 Å². The zero-order valence-electron chi connectivity index (χ0n) is 13.3. The first-order valence-corrected chi connectivity index (χ1v) is 7.77. The van der Waals surface area contributed by atoms with Crippen LogP contribution in [0.5, 0.6) is 0 Å². The number of carbonyl (C=O) groups is 1. The van der Waals surface area contributed by atoms with E-state index in [9.17, 15) is 4.79 Å². The summed E-state index contributed by atoms with van der Waals surface area (Å²) in [5.74, 6) is 0.313. The number of likely N-dealkylation sites (N-methyl/N-ethyl adjacent to an activating group) is 1. The largest absolute Gasteiger partial charge is 0.297 e. The van der Waals surface area contributed by atoms with Crippen molar-refractivity contribution < 1.29 is 4.79 Å². The second kappa shape index (κ2) is 6.09. The molecule has 1 fully saturated rings. The Labute approximate surface area is 123 Å². The van der Waals surface area contributed by atoms with Crippen molar-refractivity contribution in [1.29, 1.82) is 0 Å². The van der Waals surface area contributed by atoms with Crippen LogP contribution in [0.1, 0.15) is 60.0 Å². The number of ketones is 1. The number of Topliss-reactive ketones (excluding diaryl/α,β-unsaturated/α-hetero) is 1. The van der Waals surface area contributed by atoms with Gasteiger partial charge in [0.1, 0.15) is 0 Å². The first kappa shape index (κ1) is 15.2. The van der Waals surface area contributed by atoms with Crippen molar-refractivity contribution in [3.63, 3.8) is 0 Å². The molecule has 0 heterocycles. The fraction of sp³-hybridized carbons (Fsp3) is 0.611. The van der Waals surface area contributed by atoms with Gasteiger partial charge in [0.15, 0.2) is 5.78 Å². The molecule has 1 saturated carbocycles. The number of benzene rings is 1.